The first-order valence-corrected chi connectivity index (χ1v) is 11.9. The monoisotopic (exact) mass is 342 g/mol. The summed E-state index contributed by atoms with van der Waals surface area (Å²) in [6.07, 6.45) is 3.02. The molecule has 0 unspecified atom stereocenters. The summed E-state index contributed by atoms with van der Waals surface area (Å²) in [5.74, 6) is 1.59. The number of fused-ring (bicyclic) bond motifs is 2. The molecular weight excluding hydrogens is 312 g/mol. The van der Waals surface area contributed by atoms with Crippen molar-refractivity contribution in [2.24, 2.45) is 11.3 Å². The minimum absolute atomic E-state index is 0.0177. The lowest BCUT2D eigenvalue weighted by Crippen LogP contribution is -2.42. The summed E-state index contributed by atoms with van der Waals surface area (Å²) in [5.41, 5.74) is 2.17. The van der Waals surface area contributed by atoms with Gasteiger partial charge in [-0.05, 0) is 61.5 Å². The number of ketones is 1. The molecule has 24 heavy (non-hydrogen) atoms. The van der Waals surface area contributed by atoms with Gasteiger partial charge in [-0.25, -0.2) is 0 Å². The van der Waals surface area contributed by atoms with Crippen LogP contribution in [0.15, 0.2) is 36.1 Å². The van der Waals surface area contributed by atoms with Crippen molar-refractivity contribution in [1.29, 1.82) is 0 Å². The largest absolute Gasteiger partial charge is 0.546 e. The molecule has 0 saturated heterocycles. The van der Waals surface area contributed by atoms with Gasteiger partial charge in [-0.15, -0.1) is 0 Å². The predicted octanol–water partition coefficient (Wildman–Crippen LogP) is 5.59. The number of allylic oxidation sites excluding steroid dienone is 2. The molecule has 3 rings (SSSR count). The second-order valence-electron chi connectivity index (χ2n) is 9.28. The van der Waals surface area contributed by atoms with Crippen molar-refractivity contribution in [1.82, 2.24) is 0 Å². The average Bonchev–Trinajstić information content (AvgIpc) is 2.84. The molecule has 130 valence electrons. The van der Waals surface area contributed by atoms with Crippen LogP contribution in [0, 0.1) is 18.3 Å². The highest BCUT2D eigenvalue weighted by Crippen LogP contribution is 2.59. The first-order chi connectivity index (χ1) is 11.0. The maximum Gasteiger partial charge on any atom is 0.250 e. The Morgan fingerprint density at radius 3 is 2.33 bits per heavy atom. The van der Waals surface area contributed by atoms with E-state index in [2.05, 4.69) is 78.1 Å². The number of rotatable bonds is 3. The van der Waals surface area contributed by atoms with Crippen LogP contribution in [-0.4, -0.2) is 14.1 Å². The molecule has 0 spiro atoms. The van der Waals surface area contributed by atoms with Crippen LogP contribution >= 0.6 is 0 Å². The van der Waals surface area contributed by atoms with Gasteiger partial charge in [-0.1, -0.05) is 45.0 Å². The van der Waals surface area contributed by atoms with Crippen LogP contribution in [0.1, 0.15) is 51.2 Å². The van der Waals surface area contributed by atoms with Crippen LogP contribution in [0.5, 0.6) is 0 Å². The van der Waals surface area contributed by atoms with Gasteiger partial charge in [0.05, 0.1) is 11.2 Å². The van der Waals surface area contributed by atoms with Crippen LogP contribution in [0.3, 0.4) is 0 Å². The van der Waals surface area contributed by atoms with E-state index >= 15 is 0 Å². The van der Waals surface area contributed by atoms with E-state index in [1.165, 1.54) is 11.1 Å². The molecule has 1 saturated carbocycles. The summed E-state index contributed by atoms with van der Waals surface area (Å²) in [6.45, 7) is 15.5. The number of carbonyl (C=O) groups is 1. The lowest BCUT2D eigenvalue weighted by Gasteiger charge is -2.40. The van der Waals surface area contributed by atoms with Crippen LogP contribution in [0.25, 0.3) is 0 Å². The maximum absolute atomic E-state index is 13.0. The lowest BCUT2D eigenvalue weighted by atomic mass is 9.80. The molecule has 0 aromatic heterocycles. The Bertz CT molecular complexity index is 711. The minimum atomic E-state index is -1.92. The Labute approximate surface area is 147 Å². The van der Waals surface area contributed by atoms with Crippen molar-refractivity contribution in [3.05, 3.63) is 47.2 Å². The summed E-state index contributed by atoms with van der Waals surface area (Å²) in [5, 5.41) is 0.143. The summed E-state index contributed by atoms with van der Waals surface area (Å²) < 4.78 is 6.56. The van der Waals surface area contributed by atoms with Crippen molar-refractivity contribution in [2.75, 3.05) is 0 Å². The molecule has 0 radical (unpaired) electrons. The van der Waals surface area contributed by atoms with Gasteiger partial charge in [0.2, 0.25) is 8.32 Å². The second kappa shape index (κ2) is 5.32. The summed E-state index contributed by atoms with van der Waals surface area (Å²) in [6, 6.07) is 8.47. The Morgan fingerprint density at radius 2 is 1.83 bits per heavy atom. The van der Waals surface area contributed by atoms with Gasteiger partial charge in [0.1, 0.15) is 0 Å². The Morgan fingerprint density at radius 1 is 1.21 bits per heavy atom. The standard InChI is InChI=1S/C21H30O2Si/c1-14-10-8-9-11-15(14)17-13-21(5)18(12-16(17)19(21)22)23-24(6,7)20(2,3)4/h8-12,16-17H,13H2,1-7H3/t16-,17-,21-/m0/s1. The number of aryl methyl sites for hydroxylation is 1. The van der Waals surface area contributed by atoms with Gasteiger partial charge in [0, 0.05) is 5.92 Å². The molecule has 2 aliphatic rings. The van der Waals surface area contributed by atoms with Crippen LogP contribution < -0.4 is 0 Å². The van der Waals surface area contributed by atoms with Gasteiger partial charge in [-0.2, -0.15) is 0 Å². The van der Waals surface area contributed by atoms with E-state index in [1.807, 2.05) is 0 Å². The van der Waals surface area contributed by atoms with E-state index < -0.39 is 13.7 Å². The molecule has 3 heteroatoms. The van der Waals surface area contributed by atoms with Gasteiger partial charge in [0.25, 0.3) is 0 Å². The predicted molar refractivity (Wildman–Crippen MR) is 102 cm³/mol. The summed E-state index contributed by atoms with van der Waals surface area (Å²) in [7, 11) is -1.92. The van der Waals surface area contributed by atoms with E-state index in [9.17, 15) is 4.79 Å². The van der Waals surface area contributed by atoms with Gasteiger partial charge >= 0.3 is 0 Å². The van der Waals surface area contributed by atoms with Gasteiger partial charge < -0.3 is 4.43 Å². The smallest absolute Gasteiger partial charge is 0.250 e. The molecular formula is C21H30O2Si. The number of hydrogen-bond donors (Lipinski definition) is 0. The zero-order valence-corrected chi connectivity index (χ0v) is 17.1. The van der Waals surface area contributed by atoms with E-state index in [4.69, 9.17) is 4.43 Å². The van der Waals surface area contributed by atoms with E-state index in [1.54, 1.807) is 0 Å². The molecule has 3 atom stereocenters. The zero-order valence-electron chi connectivity index (χ0n) is 16.1. The molecule has 0 amide bonds. The Kier molecular flexibility index (Phi) is 3.87. The topological polar surface area (TPSA) is 26.3 Å². The molecule has 2 nitrogen and oxygen atoms in total. The number of benzene rings is 1. The van der Waals surface area contributed by atoms with Crippen molar-refractivity contribution < 1.29 is 9.22 Å². The molecule has 1 aromatic carbocycles. The third-order valence-corrected chi connectivity index (χ3v) is 10.9. The number of carbonyl (C=O) groups excluding carboxylic acids is 1. The Balaban J connectivity index is 1.93. The number of Topliss-reactive ketones (excluding diaryl/α,β-unsaturated/α-hetero) is 1. The minimum Gasteiger partial charge on any atom is -0.546 e. The first-order valence-electron chi connectivity index (χ1n) is 8.98. The van der Waals surface area contributed by atoms with Crippen LogP contribution in [-0.2, 0) is 9.22 Å². The van der Waals surface area contributed by atoms with Gasteiger partial charge in [-0.3, -0.25) is 4.79 Å². The number of hydrogen-bond acceptors (Lipinski definition) is 2. The SMILES string of the molecule is Cc1ccccc1[C@@H]1C[C@]2(C)C(=O)[C@H]1C=C2O[Si](C)(C)C(C)(C)C. The van der Waals surface area contributed by atoms with E-state index in [-0.39, 0.29) is 11.0 Å². The van der Waals surface area contributed by atoms with Crippen LogP contribution in [0.2, 0.25) is 18.1 Å². The highest BCUT2D eigenvalue weighted by molar-refractivity contribution is 6.74. The summed E-state index contributed by atoms with van der Waals surface area (Å²) in [4.78, 5) is 13.0. The molecule has 0 heterocycles. The normalized spacial score (nSPS) is 29.8. The third-order valence-electron chi connectivity index (χ3n) is 6.54. The highest BCUT2D eigenvalue weighted by atomic mass is 28.4. The highest BCUT2D eigenvalue weighted by Gasteiger charge is 2.59. The van der Waals surface area contributed by atoms with Crippen molar-refractivity contribution in [3.8, 4) is 0 Å². The molecule has 2 aliphatic carbocycles. The fraction of sp³-hybridized carbons (Fsp3) is 0.571. The summed E-state index contributed by atoms with van der Waals surface area (Å²) >= 11 is 0. The lowest BCUT2D eigenvalue weighted by molar-refractivity contribution is -0.125. The molecule has 0 aliphatic heterocycles. The first kappa shape index (κ1) is 17.5. The van der Waals surface area contributed by atoms with E-state index in [0.717, 1.165) is 12.2 Å². The van der Waals surface area contributed by atoms with E-state index in [0.29, 0.717) is 11.7 Å². The fourth-order valence-electron chi connectivity index (χ4n) is 3.86. The fourth-order valence-corrected chi connectivity index (χ4v) is 5.01. The molecule has 2 bridgehead atoms. The third kappa shape index (κ3) is 2.48. The molecule has 1 fully saturated rings. The van der Waals surface area contributed by atoms with Crippen molar-refractivity contribution in [3.63, 3.8) is 0 Å². The maximum atomic E-state index is 13.0. The van der Waals surface area contributed by atoms with Crippen LogP contribution in [0.4, 0.5) is 0 Å². The Hall–Kier alpha value is -1.35. The second-order valence-corrected chi connectivity index (χ2v) is 14.0. The zero-order chi connectivity index (χ0) is 17.9. The molecule has 1 aromatic rings. The quantitative estimate of drug-likeness (QED) is 0.669. The van der Waals surface area contributed by atoms with Crippen molar-refractivity contribution >= 4 is 14.1 Å². The van der Waals surface area contributed by atoms with Gasteiger partial charge in [0.15, 0.2) is 5.78 Å². The van der Waals surface area contributed by atoms with Crippen molar-refractivity contribution in [2.45, 2.75) is 65.1 Å². The average molecular weight is 343 g/mol. The molecule has 0 N–H and O–H groups in total.